The predicted molar refractivity (Wildman–Crippen MR) is 67.2 cm³/mol. The van der Waals surface area contributed by atoms with Crippen molar-refractivity contribution >= 4 is 17.0 Å². The van der Waals surface area contributed by atoms with Crippen LogP contribution in [0.25, 0.3) is 10.9 Å². The monoisotopic (exact) mass is 246 g/mol. The number of nitrogens with zero attached hydrogens (tertiary/aromatic N) is 1. The summed E-state index contributed by atoms with van der Waals surface area (Å²) in [7, 11) is 0. The molecule has 18 heavy (non-hydrogen) atoms. The third-order valence-corrected chi connectivity index (χ3v) is 2.71. The van der Waals surface area contributed by atoms with E-state index in [1.807, 2.05) is 24.3 Å². The van der Waals surface area contributed by atoms with Crippen molar-refractivity contribution < 1.29 is 14.6 Å². The zero-order chi connectivity index (χ0) is 13.1. The molecule has 0 saturated heterocycles. The molecular formula is C13H14N2O3. The van der Waals surface area contributed by atoms with Crippen molar-refractivity contribution in [3.8, 4) is 0 Å². The highest BCUT2D eigenvalue weighted by Crippen LogP contribution is 2.12. The summed E-state index contributed by atoms with van der Waals surface area (Å²) in [5.74, 6) is 0. The smallest absolute Gasteiger partial charge is 0.404 e. The first kappa shape index (κ1) is 12.2. The summed E-state index contributed by atoms with van der Waals surface area (Å²) in [4.78, 5) is 10.5. The van der Waals surface area contributed by atoms with Crippen molar-refractivity contribution in [3.05, 3.63) is 47.3 Å². The molecule has 1 amide bonds. The highest BCUT2D eigenvalue weighted by Gasteiger charge is 2.11. The number of carboxylic acid groups (broad SMARTS) is 1. The first-order valence-corrected chi connectivity index (χ1v) is 5.66. The molecule has 1 heterocycles. The minimum Gasteiger partial charge on any atom is -0.618 e. The molecule has 2 N–H and O–H groups in total. The Kier molecular flexibility index (Phi) is 3.32. The van der Waals surface area contributed by atoms with Crippen LogP contribution in [-0.2, 0) is 6.42 Å². The Labute approximate surface area is 104 Å². The van der Waals surface area contributed by atoms with Crippen molar-refractivity contribution in [3.63, 3.8) is 0 Å². The first-order chi connectivity index (χ1) is 8.56. The van der Waals surface area contributed by atoms with E-state index in [0.717, 1.165) is 15.7 Å². The average Bonchev–Trinajstić information content (AvgIpc) is 2.27. The van der Waals surface area contributed by atoms with E-state index in [0.29, 0.717) is 11.9 Å². The van der Waals surface area contributed by atoms with Gasteiger partial charge in [0.2, 0.25) is 5.52 Å². The molecule has 0 bridgehead atoms. The Bertz CT molecular complexity index is 583. The quantitative estimate of drug-likeness (QED) is 0.639. The van der Waals surface area contributed by atoms with Crippen molar-refractivity contribution in [2.45, 2.75) is 19.4 Å². The van der Waals surface area contributed by atoms with Crippen LogP contribution in [0.4, 0.5) is 4.79 Å². The highest BCUT2D eigenvalue weighted by atomic mass is 16.5. The van der Waals surface area contributed by atoms with E-state index in [1.54, 1.807) is 13.0 Å². The lowest BCUT2D eigenvalue weighted by molar-refractivity contribution is -0.577. The van der Waals surface area contributed by atoms with Crippen LogP contribution >= 0.6 is 0 Å². The maximum Gasteiger partial charge on any atom is 0.404 e. The molecule has 0 aliphatic carbocycles. The molecule has 0 spiro atoms. The fourth-order valence-electron chi connectivity index (χ4n) is 1.99. The average molecular weight is 246 g/mol. The molecule has 1 aromatic heterocycles. The van der Waals surface area contributed by atoms with Crippen molar-refractivity contribution in [2.24, 2.45) is 0 Å². The van der Waals surface area contributed by atoms with E-state index in [9.17, 15) is 10.0 Å². The summed E-state index contributed by atoms with van der Waals surface area (Å²) in [5.41, 5.74) is 1.42. The topological polar surface area (TPSA) is 76.3 Å². The number of pyridine rings is 1. The number of carbonyl (C=O) groups is 1. The molecule has 2 aromatic rings. The molecule has 0 aliphatic heterocycles. The number of hydrogen-bond donors (Lipinski definition) is 2. The number of rotatable bonds is 3. The Balaban J connectivity index is 2.27. The molecule has 2 rings (SSSR count). The van der Waals surface area contributed by atoms with Crippen molar-refractivity contribution in [1.82, 2.24) is 5.32 Å². The van der Waals surface area contributed by atoms with Crippen molar-refractivity contribution in [1.29, 1.82) is 0 Å². The second kappa shape index (κ2) is 4.91. The van der Waals surface area contributed by atoms with Crippen LogP contribution in [0.2, 0.25) is 0 Å². The maximum atomic E-state index is 11.8. The minimum atomic E-state index is -1.06. The van der Waals surface area contributed by atoms with E-state index in [2.05, 4.69) is 5.32 Å². The fourth-order valence-corrected chi connectivity index (χ4v) is 1.99. The molecular weight excluding hydrogens is 232 g/mol. The number of hydrogen-bond acceptors (Lipinski definition) is 2. The number of fused-ring (bicyclic) bond motifs is 1. The zero-order valence-corrected chi connectivity index (χ0v) is 9.96. The summed E-state index contributed by atoms with van der Waals surface area (Å²) in [6, 6.07) is 8.97. The van der Waals surface area contributed by atoms with Gasteiger partial charge in [0.1, 0.15) is 0 Å². The van der Waals surface area contributed by atoms with Crippen LogP contribution in [0.15, 0.2) is 36.5 Å². The Hall–Kier alpha value is -2.30. The molecule has 0 radical (unpaired) electrons. The number of para-hydroxylation sites is 1. The fraction of sp³-hybridized carbons (Fsp3) is 0.231. The Morgan fingerprint density at radius 1 is 1.50 bits per heavy atom. The van der Waals surface area contributed by atoms with E-state index < -0.39 is 6.09 Å². The normalized spacial score (nSPS) is 12.3. The SMILES string of the molecule is CC(Cc1cc2ccccc2[n+]([O-])c1)NC(=O)O. The molecule has 1 atom stereocenters. The second-order valence-electron chi connectivity index (χ2n) is 4.29. The van der Waals surface area contributed by atoms with Gasteiger partial charge in [0.05, 0.1) is 0 Å². The molecule has 0 fully saturated rings. The summed E-state index contributed by atoms with van der Waals surface area (Å²) in [6.45, 7) is 1.76. The van der Waals surface area contributed by atoms with Gasteiger partial charge in [0.15, 0.2) is 6.20 Å². The lowest BCUT2D eigenvalue weighted by Gasteiger charge is -2.11. The van der Waals surface area contributed by atoms with Gasteiger partial charge in [-0.3, -0.25) is 0 Å². The first-order valence-electron chi connectivity index (χ1n) is 5.66. The Morgan fingerprint density at radius 3 is 2.94 bits per heavy atom. The number of amides is 1. The molecule has 0 saturated carbocycles. The molecule has 5 heteroatoms. The summed E-state index contributed by atoms with van der Waals surface area (Å²) in [5, 5.41) is 23.6. The van der Waals surface area contributed by atoms with Crippen LogP contribution in [0.1, 0.15) is 12.5 Å². The van der Waals surface area contributed by atoms with Crippen molar-refractivity contribution in [2.75, 3.05) is 0 Å². The van der Waals surface area contributed by atoms with Crippen LogP contribution in [-0.4, -0.2) is 17.2 Å². The summed E-state index contributed by atoms with van der Waals surface area (Å²) >= 11 is 0. The van der Waals surface area contributed by atoms with Gasteiger partial charge in [0, 0.05) is 23.1 Å². The molecule has 5 nitrogen and oxygen atoms in total. The van der Waals surface area contributed by atoms with Gasteiger partial charge in [-0.25, -0.2) is 4.79 Å². The van der Waals surface area contributed by atoms with Crippen LogP contribution in [0, 0.1) is 5.21 Å². The second-order valence-corrected chi connectivity index (χ2v) is 4.29. The van der Waals surface area contributed by atoms with Gasteiger partial charge in [-0.1, -0.05) is 12.1 Å². The maximum absolute atomic E-state index is 11.8. The largest absolute Gasteiger partial charge is 0.618 e. The third-order valence-electron chi connectivity index (χ3n) is 2.71. The molecule has 1 unspecified atom stereocenters. The highest BCUT2D eigenvalue weighted by molar-refractivity contribution is 5.75. The van der Waals surface area contributed by atoms with E-state index >= 15 is 0 Å². The van der Waals surface area contributed by atoms with Gasteiger partial charge < -0.3 is 15.6 Å². The van der Waals surface area contributed by atoms with E-state index in [1.165, 1.54) is 6.20 Å². The lowest BCUT2D eigenvalue weighted by atomic mass is 10.1. The lowest BCUT2D eigenvalue weighted by Crippen LogP contribution is -2.34. The van der Waals surface area contributed by atoms with Gasteiger partial charge in [-0.15, -0.1) is 0 Å². The Morgan fingerprint density at radius 2 is 2.22 bits per heavy atom. The number of nitrogens with one attached hydrogen (secondary N) is 1. The minimum absolute atomic E-state index is 0.233. The molecule has 1 aromatic carbocycles. The standard InChI is InChI=1S/C13H14N2O3/c1-9(14-13(16)17)6-10-7-11-4-2-3-5-12(11)15(18)8-10/h2-5,7-9,14H,6H2,1H3,(H,16,17). The van der Waals surface area contributed by atoms with Crippen LogP contribution in [0.3, 0.4) is 0 Å². The van der Waals surface area contributed by atoms with Crippen LogP contribution < -0.4 is 10.0 Å². The third kappa shape index (κ3) is 2.68. The van der Waals surface area contributed by atoms with Gasteiger partial charge in [-0.2, -0.15) is 4.73 Å². The number of benzene rings is 1. The predicted octanol–water partition coefficient (Wildman–Crippen LogP) is 1.67. The van der Waals surface area contributed by atoms with E-state index in [4.69, 9.17) is 5.11 Å². The summed E-state index contributed by atoms with van der Waals surface area (Å²) < 4.78 is 0.818. The number of aromatic nitrogens is 1. The van der Waals surface area contributed by atoms with Gasteiger partial charge in [-0.05, 0) is 25.5 Å². The van der Waals surface area contributed by atoms with Gasteiger partial charge in [0.25, 0.3) is 0 Å². The molecule has 94 valence electrons. The van der Waals surface area contributed by atoms with Crippen LogP contribution in [0.5, 0.6) is 0 Å². The summed E-state index contributed by atoms with van der Waals surface area (Å²) in [6.07, 6.45) is 0.917. The zero-order valence-electron chi connectivity index (χ0n) is 9.96. The van der Waals surface area contributed by atoms with E-state index in [-0.39, 0.29) is 6.04 Å². The molecule has 0 aliphatic rings. The van der Waals surface area contributed by atoms with Gasteiger partial charge >= 0.3 is 6.09 Å².